The number of imidazole rings is 1. The molecule has 0 fully saturated rings. The first-order chi connectivity index (χ1) is 9.52. The number of hydrogen-bond donors (Lipinski definition) is 1. The highest BCUT2D eigenvalue weighted by molar-refractivity contribution is 6.33. The molecule has 0 saturated heterocycles. The lowest BCUT2D eigenvalue weighted by atomic mass is 10.1. The Hall–Kier alpha value is -1.07. The summed E-state index contributed by atoms with van der Waals surface area (Å²) >= 11 is 12.3. The van der Waals surface area contributed by atoms with E-state index in [0.717, 1.165) is 11.4 Å². The number of hydrogen-bond acceptors (Lipinski definition) is 3. The van der Waals surface area contributed by atoms with E-state index < -0.39 is 0 Å². The molecule has 2 rings (SSSR count). The molecule has 1 aromatic carbocycles. The molecule has 2 N–H and O–H groups in total. The highest BCUT2D eigenvalue weighted by Crippen LogP contribution is 2.29. The van der Waals surface area contributed by atoms with E-state index in [2.05, 4.69) is 9.88 Å². The molecule has 20 heavy (non-hydrogen) atoms. The van der Waals surface area contributed by atoms with Crippen LogP contribution in [0.1, 0.15) is 17.4 Å². The molecule has 0 aliphatic rings. The van der Waals surface area contributed by atoms with Crippen LogP contribution < -0.4 is 5.73 Å². The van der Waals surface area contributed by atoms with Gasteiger partial charge in [-0.2, -0.15) is 0 Å². The predicted octanol–water partition coefficient (Wildman–Crippen LogP) is 2.86. The van der Waals surface area contributed by atoms with Crippen molar-refractivity contribution >= 4 is 23.2 Å². The molecular formula is C14H18Cl2N4. The van der Waals surface area contributed by atoms with E-state index in [-0.39, 0.29) is 6.04 Å². The third kappa shape index (κ3) is 3.33. The second-order valence-corrected chi connectivity index (χ2v) is 5.63. The van der Waals surface area contributed by atoms with Crippen LogP contribution in [0.2, 0.25) is 10.0 Å². The zero-order valence-electron chi connectivity index (χ0n) is 11.6. The molecule has 0 aliphatic carbocycles. The van der Waals surface area contributed by atoms with Gasteiger partial charge >= 0.3 is 0 Å². The molecule has 6 heteroatoms. The van der Waals surface area contributed by atoms with Gasteiger partial charge in [-0.05, 0) is 30.8 Å². The van der Waals surface area contributed by atoms with Crippen molar-refractivity contribution in [2.24, 2.45) is 12.8 Å². The molecule has 1 heterocycles. The fraction of sp³-hybridized carbons (Fsp3) is 0.357. The van der Waals surface area contributed by atoms with Crippen LogP contribution in [0.4, 0.5) is 0 Å². The molecule has 1 unspecified atom stereocenters. The highest BCUT2D eigenvalue weighted by Gasteiger charge is 2.20. The van der Waals surface area contributed by atoms with E-state index in [0.29, 0.717) is 23.1 Å². The Labute approximate surface area is 129 Å². The molecular weight excluding hydrogens is 295 g/mol. The van der Waals surface area contributed by atoms with E-state index in [1.54, 1.807) is 18.3 Å². The Kier molecular flexibility index (Phi) is 5.05. The molecule has 0 bridgehead atoms. The molecule has 2 aromatic rings. The molecule has 0 radical (unpaired) electrons. The summed E-state index contributed by atoms with van der Waals surface area (Å²) < 4.78 is 1.99. The van der Waals surface area contributed by atoms with Crippen LogP contribution in [0.15, 0.2) is 30.6 Å². The lowest BCUT2D eigenvalue weighted by Crippen LogP contribution is -2.31. The fourth-order valence-corrected chi connectivity index (χ4v) is 2.62. The van der Waals surface area contributed by atoms with Crippen LogP contribution in [0.5, 0.6) is 0 Å². The van der Waals surface area contributed by atoms with Gasteiger partial charge < -0.3 is 10.3 Å². The van der Waals surface area contributed by atoms with Gasteiger partial charge in [0.05, 0.1) is 6.54 Å². The lowest BCUT2D eigenvalue weighted by Gasteiger charge is -2.27. The number of likely N-dealkylation sites (N-methyl/N-ethyl adjacent to an activating group) is 1. The van der Waals surface area contributed by atoms with Gasteiger partial charge in [0, 0.05) is 42.1 Å². The van der Waals surface area contributed by atoms with Gasteiger partial charge in [0.1, 0.15) is 5.82 Å². The molecule has 1 aromatic heterocycles. The Morgan fingerprint density at radius 1 is 1.40 bits per heavy atom. The number of halogens is 2. The molecule has 108 valence electrons. The average molecular weight is 313 g/mol. The van der Waals surface area contributed by atoms with Crippen LogP contribution in [-0.2, 0) is 13.6 Å². The minimum Gasteiger partial charge on any atom is -0.337 e. The van der Waals surface area contributed by atoms with E-state index >= 15 is 0 Å². The summed E-state index contributed by atoms with van der Waals surface area (Å²) in [5.41, 5.74) is 6.86. The number of aromatic nitrogens is 2. The summed E-state index contributed by atoms with van der Waals surface area (Å²) in [6.07, 6.45) is 3.71. The van der Waals surface area contributed by atoms with Crippen molar-refractivity contribution in [3.8, 4) is 0 Å². The van der Waals surface area contributed by atoms with Gasteiger partial charge in [0.25, 0.3) is 0 Å². The van der Waals surface area contributed by atoms with Gasteiger partial charge in [-0.25, -0.2) is 4.98 Å². The zero-order valence-corrected chi connectivity index (χ0v) is 13.1. The SMILES string of the molecule is CN(Cc1nccn1C)C(CN)c1cc(Cl)ccc1Cl. The second-order valence-electron chi connectivity index (χ2n) is 4.79. The molecule has 0 spiro atoms. The third-order valence-corrected chi connectivity index (χ3v) is 3.96. The Balaban J connectivity index is 2.23. The van der Waals surface area contributed by atoms with Gasteiger partial charge in [-0.1, -0.05) is 23.2 Å². The monoisotopic (exact) mass is 312 g/mol. The summed E-state index contributed by atoms with van der Waals surface area (Å²) in [7, 11) is 3.98. The smallest absolute Gasteiger partial charge is 0.122 e. The summed E-state index contributed by atoms with van der Waals surface area (Å²) in [5.74, 6) is 0.976. The third-order valence-electron chi connectivity index (χ3n) is 3.38. The molecule has 0 saturated carbocycles. The number of rotatable bonds is 5. The number of aryl methyl sites for hydroxylation is 1. The maximum Gasteiger partial charge on any atom is 0.122 e. The number of nitrogens with zero attached hydrogens (tertiary/aromatic N) is 3. The number of benzene rings is 1. The number of nitrogens with two attached hydrogens (primary N) is 1. The van der Waals surface area contributed by atoms with E-state index in [1.165, 1.54) is 0 Å². The van der Waals surface area contributed by atoms with Crippen LogP contribution >= 0.6 is 23.2 Å². The fourth-order valence-electron chi connectivity index (χ4n) is 2.20. The predicted molar refractivity (Wildman–Crippen MR) is 82.9 cm³/mol. The van der Waals surface area contributed by atoms with Crippen molar-refractivity contribution in [1.29, 1.82) is 0 Å². The first kappa shape index (κ1) is 15.3. The summed E-state index contributed by atoms with van der Waals surface area (Å²) in [5, 5.41) is 1.34. The van der Waals surface area contributed by atoms with Gasteiger partial charge in [-0.15, -0.1) is 0 Å². The largest absolute Gasteiger partial charge is 0.337 e. The van der Waals surface area contributed by atoms with Gasteiger partial charge in [0.15, 0.2) is 0 Å². The summed E-state index contributed by atoms with van der Waals surface area (Å²) in [6.45, 7) is 1.15. The van der Waals surface area contributed by atoms with Gasteiger partial charge in [-0.3, -0.25) is 4.90 Å². The molecule has 1 atom stereocenters. The summed E-state index contributed by atoms with van der Waals surface area (Å²) in [6, 6.07) is 5.45. The maximum atomic E-state index is 6.27. The van der Waals surface area contributed by atoms with Crippen LogP contribution in [0, 0.1) is 0 Å². The van der Waals surface area contributed by atoms with Crippen LogP contribution in [0.3, 0.4) is 0 Å². The van der Waals surface area contributed by atoms with Crippen molar-refractivity contribution in [2.75, 3.05) is 13.6 Å². The topological polar surface area (TPSA) is 47.1 Å². The van der Waals surface area contributed by atoms with E-state index in [1.807, 2.05) is 30.9 Å². The van der Waals surface area contributed by atoms with Gasteiger partial charge in [0.2, 0.25) is 0 Å². The lowest BCUT2D eigenvalue weighted by molar-refractivity contribution is 0.234. The Morgan fingerprint density at radius 3 is 2.75 bits per heavy atom. The van der Waals surface area contributed by atoms with Crippen molar-refractivity contribution < 1.29 is 0 Å². The first-order valence-electron chi connectivity index (χ1n) is 6.34. The Morgan fingerprint density at radius 2 is 2.15 bits per heavy atom. The quantitative estimate of drug-likeness (QED) is 0.923. The average Bonchev–Trinajstić information content (AvgIpc) is 2.80. The van der Waals surface area contributed by atoms with E-state index in [9.17, 15) is 0 Å². The zero-order chi connectivity index (χ0) is 14.7. The van der Waals surface area contributed by atoms with Crippen molar-refractivity contribution in [3.63, 3.8) is 0 Å². The highest BCUT2D eigenvalue weighted by atomic mass is 35.5. The molecule has 0 amide bonds. The van der Waals surface area contributed by atoms with Crippen molar-refractivity contribution in [2.45, 2.75) is 12.6 Å². The maximum absolute atomic E-state index is 6.27. The standard InChI is InChI=1S/C14H18Cl2N4/c1-19-6-5-18-14(19)9-20(2)13(8-17)11-7-10(15)3-4-12(11)16/h3-7,13H,8-9,17H2,1-2H3. The minimum atomic E-state index is -0.00194. The normalized spacial score (nSPS) is 12.9. The van der Waals surface area contributed by atoms with Crippen molar-refractivity contribution in [3.05, 3.63) is 52.0 Å². The Bertz CT molecular complexity index is 582. The summed E-state index contributed by atoms with van der Waals surface area (Å²) in [4.78, 5) is 6.45. The first-order valence-corrected chi connectivity index (χ1v) is 7.10. The molecule has 4 nitrogen and oxygen atoms in total. The van der Waals surface area contributed by atoms with Crippen LogP contribution in [-0.4, -0.2) is 28.0 Å². The second kappa shape index (κ2) is 6.59. The van der Waals surface area contributed by atoms with Crippen molar-refractivity contribution in [1.82, 2.24) is 14.5 Å². The minimum absolute atomic E-state index is 0.00194. The molecule has 0 aliphatic heterocycles. The van der Waals surface area contributed by atoms with E-state index in [4.69, 9.17) is 28.9 Å². The van der Waals surface area contributed by atoms with Crippen LogP contribution in [0.25, 0.3) is 0 Å².